The third kappa shape index (κ3) is 4.35. The summed E-state index contributed by atoms with van der Waals surface area (Å²) in [7, 11) is 1.61. The number of carbonyl (C=O) groups excluding carboxylic acids is 2. The summed E-state index contributed by atoms with van der Waals surface area (Å²) < 4.78 is 11.2. The Bertz CT molecular complexity index is 805. The number of benzene rings is 2. The van der Waals surface area contributed by atoms with Gasteiger partial charge in [-0.2, -0.15) is 0 Å². The van der Waals surface area contributed by atoms with E-state index in [0.29, 0.717) is 30.9 Å². The molecule has 5 nitrogen and oxygen atoms in total. The zero-order valence-corrected chi connectivity index (χ0v) is 16.5. The highest BCUT2D eigenvalue weighted by atomic mass is 16.5. The summed E-state index contributed by atoms with van der Waals surface area (Å²) in [6.45, 7) is 2.71. The van der Waals surface area contributed by atoms with Crippen molar-refractivity contribution < 1.29 is 19.1 Å². The quantitative estimate of drug-likeness (QED) is 0.528. The van der Waals surface area contributed by atoms with Crippen LogP contribution in [-0.4, -0.2) is 30.4 Å². The largest absolute Gasteiger partial charge is 0.496 e. The Kier molecular flexibility index (Phi) is 6.69. The van der Waals surface area contributed by atoms with Gasteiger partial charge in [-0.25, -0.2) is 0 Å². The first-order chi connectivity index (χ1) is 13.7. The molecule has 28 heavy (non-hydrogen) atoms. The highest BCUT2D eigenvalue weighted by Gasteiger charge is 2.42. The fraction of sp³-hybridized carbons (Fsp3) is 0.391. The number of unbranched alkanes of at least 4 members (excludes halogenated alkanes) is 1. The normalized spacial score (nSPS) is 19.4. The zero-order valence-electron chi connectivity index (χ0n) is 16.5. The molecule has 1 saturated heterocycles. The van der Waals surface area contributed by atoms with Gasteiger partial charge in [0.1, 0.15) is 11.5 Å². The van der Waals surface area contributed by atoms with Crippen molar-refractivity contribution in [3.05, 3.63) is 60.2 Å². The van der Waals surface area contributed by atoms with E-state index in [-0.39, 0.29) is 17.9 Å². The molecule has 0 aliphatic carbocycles. The summed E-state index contributed by atoms with van der Waals surface area (Å²) in [6, 6.07) is 16.3. The molecule has 5 heteroatoms. The zero-order chi connectivity index (χ0) is 19.9. The average Bonchev–Trinajstić information content (AvgIpc) is 2.73. The first-order valence-electron chi connectivity index (χ1n) is 9.84. The second-order valence-corrected chi connectivity index (χ2v) is 7.01. The molecule has 0 N–H and O–H groups in total. The van der Waals surface area contributed by atoms with Crippen LogP contribution in [-0.2, 0) is 9.59 Å². The Morgan fingerprint density at radius 2 is 1.82 bits per heavy atom. The Hall–Kier alpha value is -2.82. The molecule has 0 saturated carbocycles. The molecule has 0 spiro atoms. The van der Waals surface area contributed by atoms with Gasteiger partial charge in [-0.15, -0.1) is 0 Å². The van der Waals surface area contributed by atoms with Crippen molar-refractivity contribution in [2.75, 3.05) is 13.7 Å². The second kappa shape index (κ2) is 9.40. The van der Waals surface area contributed by atoms with E-state index in [4.69, 9.17) is 9.47 Å². The van der Waals surface area contributed by atoms with Crippen LogP contribution in [0.5, 0.6) is 11.5 Å². The Labute approximate surface area is 166 Å². The lowest BCUT2D eigenvalue weighted by atomic mass is 9.83. The highest BCUT2D eigenvalue weighted by Crippen LogP contribution is 2.41. The maximum absolute atomic E-state index is 13.1. The molecule has 0 aromatic heterocycles. The van der Waals surface area contributed by atoms with E-state index in [9.17, 15) is 9.59 Å². The van der Waals surface area contributed by atoms with E-state index in [1.807, 2.05) is 47.4 Å². The van der Waals surface area contributed by atoms with Crippen molar-refractivity contribution in [3.8, 4) is 11.5 Å². The number of ether oxygens (including phenoxy) is 2. The molecule has 1 aliphatic rings. The van der Waals surface area contributed by atoms with E-state index < -0.39 is 5.92 Å². The molecule has 1 amide bonds. The van der Waals surface area contributed by atoms with Crippen molar-refractivity contribution in [2.45, 2.75) is 38.6 Å². The van der Waals surface area contributed by atoms with Gasteiger partial charge in [0.25, 0.3) is 0 Å². The molecule has 1 heterocycles. The monoisotopic (exact) mass is 381 g/mol. The maximum Gasteiger partial charge on any atom is 0.316 e. The molecule has 1 fully saturated rings. The Balaban J connectivity index is 1.96. The van der Waals surface area contributed by atoms with Gasteiger partial charge in [0, 0.05) is 18.5 Å². The summed E-state index contributed by atoms with van der Waals surface area (Å²) in [4.78, 5) is 27.7. The standard InChI is InChI=1S/C23H27NO4/c1-3-4-16-24-21(25)15-14-19(23(26)28-17-10-6-5-7-11-17)22(24)18-12-8-9-13-20(18)27-2/h5-13,19,22H,3-4,14-16H2,1-2H3/t19-,22-/m1/s1. The van der Waals surface area contributed by atoms with Gasteiger partial charge in [-0.3, -0.25) is 9.59 Å². The molecule has 1 aliphatic heterocycles. The number of hydrogen-bond acceptors (Lipinski definition) is 4. The van der Waals surface area contributed by atoms with Crippen LogP contribution < -0.4 is 9.47 Å². The highest BCUT2D eigenvalue weighted by molar-refractivity contribution is 5.83. The van der Waals surface area contributed by atoms with Gasteiger partial charge in [0.2, 0.25) is 5.91 Å². The summed E-state index contributed by atoms with van der Waals surface area (Å²) >= 11 is 0. The molecule has 2 atom stereocenters. The summed E-state index contributed by atoms with van der Waals surface area (Å²) in [5, 5.41) is 0. The maximum atomic E-state index is 13.1. The van der Waals surface area contributed by atoms with Crippen LogP contribution in [0.2, 0.25) is 0 Å². The molecule has 0 bridgehead atoms. The number of amides is 1. The van der Waals surface area contributed by atoms with Gasteiger partial charge >= 0.3 is 5.97 Å². The number of esters is 1. The molecule has 148 valence electrons. The molecule has 0 unspecified atom stereocenters. The predicted molar refractivity (Wildman–Crippen MR) is 107 cm³/mol. The fourth-order valence-electron chi connectivity index (χ4n) is 3.77. The van der Waals surface area contributed by atoms with Crippen LogP contribution in [0.3, 0.4) is 0 Å². The van der Waals surface area contributed by atoms with Crippen LogP contribution in [0, 0.1) is 5.92 Å². The predicted octanol–water partition coefficient (Wildman–Crippen LogP) is 4.38. The van der Waals surface area contributed by atoms with Gasteiger partial charge in [0.05, 0.1) is 19.1 Å². The number of piperidine rings is 1. The topological polar surface area (TPSA) is 55.8 Å². The van der Waals surface area contributed by atoms with Gasteiger partial charge < -0.3 is 14.4 Å². The minimum Gasteiger partial charge on any atom is -0.496 e. The van der Waals surface area contributed by atoms with Crippen molar-refractivity contribution in [3.63, 3.8) is 0 Å². The lowest BCUT2D eigenvalue weighted by Gasteiger charge is -2.40. The van der Waals surface area contributed by atoms with Crippen molar-refractivity contribution >= 4 is 11.9 Å². The number of hydrogen-bond donors (Lipinski definition) is 0. The number of rotatable bonds is 7. The van der Waals surface area contributed by atoms with E-state index in [0.717, 1.165) is 18.4 Å². The average molecular weight is 381 g/mol. The van der Waals surface area contributed by atoms with E-state index in [1.54, 1.807) is 19.2 Å². The van der Waals surface area contributed by atoms with E-state index >= 15 is 0 Å². The van der Waals surface area contributed by atoms with Gasteiger partial charge in [-0.05, 0) is 31.0 Å². The lowest BCUT2D eigenvalue weighted by Crippen LogP contribution is -2.46. The van der Waals surface area contributed by atoms with Crippen LogP contribution in [0.1, 0.15) is 44.2 Å². The van der Waals surface area contributed by atoms with Crippen LogP contribution >= 0.6 is 0 Å². The van der Waals surface area contributed by atoms with E-state index in [2.05, 4.69) is 6.92 Å². The Morgan fingerprint density at radius 1 is 1.11 bits per heavy atom. The third-order valence-electron chi connectivity index (χ3n) is 5.18. The number of para-hydroxylation sites is 2. The third-order valence-corrected chi connectivity index (χ3v) is 5.18. The van der Waals surface area contributed by atoms with Crippen molar-refractivity contribution in [1.29, 1.82) is 0 Å². The molecule has 0 radical (unpaired) electrons. The smallest absolute Gasteiger partial charge is 0.316 e. The molecule has 2 aromatic rings. The minimum atomic E-state index is -0.439. The van der Waals surface area contributed by atoms with Crippen LogP contribution in [0.25, 0.3) is 0 Å². The SMILES string of the molecule is CCCCN1C(=O)CC[C@@H](C(=O)Oc2ccccc2)[C@H]1c1ccccc1OC. The van der Waals surface area contributed by atoms with Crippen LogP contribution in [0.4, 0.5) is 0 Å². The van der Waals surface area contributed by atoms with Crippen molar-refractivity contribution in [1.82, 2.24) is 4.90 Å². The number of likely N-dealkylation sites (tertiary alicyclic amines) is 1. The van der Waals surface area contributed by atoms with Crippen LogP contribution in [0.15, 0.2) is 54.6 Å². The molecule has 2 aromatic carbocycles. The summed E-state index contributed by atoms with van der Waals surface area (Å²) in [5.41, 5.74) is 0.851. The molecular formula is C23H27NO4. The lowest BCUT2D eigenvalue weighted by molar-refractivity contribution is -0.150. The first kappa shape index (κ1) is 19.9. The second-order valence-electron chi connectivity index (χ2n) is 7.01. The van der Waals surface area contributed by atoms with E-state index in [1.165, 1.54) is 0 Å². The molecular weight excluding hydrogens is 354 g/mol. The summed E-state index contributed by atoms with van der Waals surface area (Å²) in [6.07, 6.45) is 2.68. The number of nitrogens with zero attached hydrogens (tertiary/aromatic N) is 1. The fourth-order valence-corrected chi connectivity index (χ4v) is 3.77. The minimum absolute atomic E-state index is 0.0770. The number of carbonyl (C=O) groups is 2. The first-order valence-corrected chi connectivity index (χ1v) is 9.84. The number of methoxy groups -OCH3 is 1. The van der Waals surface area contributed by atoms with Gasteiger partial charge in [0.15, 0.2) is 0 Å². The van der Waals surface area contributed by atoms with Crippen molar-refractivity contribution in [2.24, 2.45) is 5.92 Å². The molecule has 3 rings (SSSR count). The Morgan fingerprint density at radius 3 is 2.54 bits per heavy atom. The van der Waals surface area contributed by atoms with Gasteiger partial charge in [-0.1, -0.05) is 49.7 Å². The summed E-state index contributed by atoms with van der Waals surface area (Å²) in [5.74, 6) is 0.528.